The minimum absolute atomic E-state index is 0.0438. The van der Waals surface area contributed by atoms with Gasteiger partial charge < -0.3 is 15.0 Å². The average molecular weight is 486 g/mol. The minimum Gasteiger partial charge on any atom is -0.381 e. The van der Waals surface area contributed by atoms with Crippen molar-refractivity contribution in [3.8, 4) is 0 Å². The summed E-state index contributed by atoms with van der Waals surface area (Å²) in [5.74, 6) is 0.0250. The summed E-state index contributed by atoms with van der Waals surface area (Å²) in [5, 5.41) is 3.66. The van der Waals surface area contributed by atoms with Gasteiger partial charge in [0.25, 0.3) is 0 Å². The van der Waals surface area contributed by atoms with E-state index in [1.54, 1.807) is 4.90 Å². The molecule has 2 atom stereocenters. The van der Waals surface area contributed by atoms with Crippen LogP contribution in [0.15, 0.2) is 12.3 Å². The van der Waals surface area contributed by atoms with Gasteiger partial charge in [0.15, 0.2) is 0 Å². The van der Waals surface area contributed by atoms with Crippen LogP contribution in [-0.4, -0.2) is 47.6 Å². The topological polar surface area (TPSA) is 54.5 Å². The highest BCUT2D eigenvalue weighted by atomic mass is 19.4. The van der Waals surface area contributed by atoms with Crippen LogP contribution in [0.2, 0.25) is 0 Å². The summed E-state index contributed by atoms with van der Waals surface area (Å²) in [6, 6.07) is 1.94. The van der Waals surface area contributed by atoms with E-state index in [1.165, 1.54) is 12.8 Å². The van der Waals surface area contributed by atoms with Crippen LogP contribution in [0, 0.1) is 5.92 Å². The molecule has 3 aliphatic rings. The monoisotopic (exact) mass is 485 g/mol. The predicted octanol–water partition coefficient (Wildman–Crippen LogP) is 5.76. The molecule has 1 saturated carbocycles. The summed E-state index contributed by atoms with van der Waals surface area (Å²) in [5.41, 5.74) is 0.439. The molecular weight excluding hydrogens is 443 g/mol. The number of hydrogen-bond acceptors (Lipinski definition) is 4. The number of nitrogens with one attached hydrogen (secondary N) is 1. The number of carbonyl (C=O) groups excluding carboxylic acids is 1. The average Bonchev–Trinajstić information content (AvgIpc) is 3.27. The molecule has 1 aromatic rings. The summed E-state index contributed by atoms with van der Waals surface area (Å²) in [7, 11) is 0. The minimum atomic E-state index is -4.41. The van der Waals surface area contributed by atoms with Gasteiger partial charge in [0.1, 0.15) is 0 Å². The molecule has 0 bridgehead atoms. The third-order valence-electron chi connectivity index (χ3n) is 6.15. The van der Waals surface area contributed by atoms with Crippen molar-refractivity contribution in [3.63, 3.8) is 0 Å². The zero-order valence-corrected chi connectivity index (χ0v) is 21.2. The Balaban J connectivity index is 0.000000618. The molecule has 5 nitrogen and oxygen atoms in total. The van der Waals surface area contributed by atoms with Gasteiger partial charge in [-0.3, -0.25) is 9.78 Å². The Labute approximate surface area is 202 Å². The lowest BCUT2D eigenvalue weighted by atomic mass is 10.00. The molecule has 4 rings (SSSR count). The maximum Gasteiger partial charge on any atom is 0.417 e. The molecule has 1 amide bonds. The fourth-order valence-corrected chi connectivity index (χ4v) is 4.58. The zero-order valence-electron chi connectivity index (χ0n) is 21.2. The SMILES string of the molecule is CCC.CCC.O=C(C1CC[C@@H](NC2CCOCC2)C1)N1CCc2ncc(C(F)(F)F)cc2C1. The van der Waals surface area contributed by atoms with Crippen molar-refractivity contribution in [2.75, 3.05) is 19.8 Å². The highest BCUT2D eigenvalue weighted by Gasteiger charge is 2.36. The number of fused-ring (bicyclic) bond motifs is 1. The lowest BCUT2D eigenvalue weighted by Crippen LogP contribution is -2.42. The Morgan fingerprint density at radius 3 is 2.35 bits per heavy atom. The van der Waals surface area contributed by atoms with Crippen molar-refractivity contribution in [3.05, 3.63) is 29.1 Å². The molecule has 8 heteroatoms. The van der Waals surface area contributed by atoms with Gasteiger partial charge in [-0.2, -0.15) is 13.2 Å². The molecule has 194 valence electrons. The number of halogens is 3. The summed E-state index contributed by atoms with van der Waals surface area (Å²) in [4.78, 5) is 18.7. The van der Waals surface area contributed by atoms with Crippen molar-refractivity contribution in [1.29, 1.82) is 0 Å². The molecule has 1 N–H and O–H groups in total. The molecule has 0 radical (unpaired) electrons. The van der Waals surface area contributed by atoms with Crippen LogP contribution in [0.5, 0.6) is 0 Å². The zero-order chi connectivity index (χ0) is 25.1. The van der Waals surface area contributed by atoms with Gasteiger partial charge in [0, 0.05) is 62.6 Å². The van der Waals surface area contributed by atoms with E-state index in [-0.39, 0.29) is 18.4 Å². The summed E-state index contributed by atoms with van der Waals surface area (Å²) < 4.78 is 44.3. The van der Waals surface area contributed by atoms with Crippen LogP contribution in [0.1, 0.15) is 89.5 Å². The van der Waals surface area contributed by atoms with E-state index in [0.29, 0.717) is 36.3 Å². The number of rotatable bonds is 3. The first-order valence-corrected chi connectivity index (χ1v) is 12.9. The second-order valence-corrected chi connectivity index (χ2v) is 9.51. The van der Waals surface area contributed by atoms with Crippen molar-refractivity contribution in [2.45, 2.75) is 104 Å². The maximum atomic E-state index is 13.0. The van der Waals surface area contributed by atoms with E-state index in [0.717, 1.165) is 57.6 Å². The first-order valence-electron chi connectivity index (χ1n) is 12.9. The number of pyridine rings is 1. The molecule has 1 aliphatic carbocycles. The van der Waals surface area contributed by atoms with E-state index >= 15 is 0 Å². The number of amides is 1. The van der Waals surface area contributed by atoms with Crippen LogP contribution in [0.25, 0.3) is 0 Å². The Morgan fingerprint density at radius 1 is 1.09 bits per heavy atom. The summed E-state index contributed by atoms with van der Waals surface area (Å²) in [6.07, 6.45) is 4.11. The van der Waals surface area contributed by atoms with Crippen molar-refractivity contribution in [1.82, 2.24) is 15.2 Å². The van der Waals surface area contributed by atoms with Gasteiger partial charge in [0.2, 0.25) is 5.91 Å². The Morgan fingerprint density at radius 2 is 1.74 bits per heavy atom. The van der Waals surface area contributed by atoms with Gasteiger partial charge in [-0.15, -0.1) is 0 Å². The largest absolute Gasteiger partial charge is 0.417 e. The Bertz CT molecular complexity index is 749. The fourth-order valence-electron chi connectivity index (χ4n) is 4.58. The van der Waals surface area contributed by atoms with Crippen molar-refractivity contribution in [2.24, 2.45) is 5.92 Å². The van der Waals surface area contributed by atoms with Crippen LogP contribution in [-0.2, 0) is 28.7 Å². The first kappa shape index (κ1) is 28.6. The second-order valence-electron chi connectivity index (χ2n) is 9.51. The van der Waals surface area contributed by atoms with Crippen LogP contribution in [0.3, 0.4) is 0 Å². The summed E-state index contributed by atoms with van der Waals surface area (Å²) in [6.45, 7) is 10.8. The number of carbonyl (C=O) groups is 1. The molecule has 1 saturated heterocycles. The van der Waals surface area contributed by atoms with Crippen LogP contribution in [0.4, 0.5) is 13.2 Å². The Kier molecular flexibility index (Phi) is 11.8. The molecule has 0 aromatic carbocycles. The van der Waals surface area contributed by atoms with Gasteiger partial charge in [0.05, 0.1) is 5.56 Å². The number of ether oxygens (including phenoxy) is 1. The molecule has 3 heterocycles. The van der Waals surface area contributed by atoms with E-state index < -0.39 is 11.7 Å². The third kappa shape index (κ3) is 8.52. The fraction of sp³-hybridized carbons (Fsp3) is 0.769. The highest BCUT2D eigenvalue weighted by Crippen LogP contribution is 2.33. The molecule has 34 heavy (non-hydrogen) atoms. The quantitative estimate of drug-likeness (QED) is 0.592. The van der Waals surface area contributed by atoms with Gasteiger partial charge in [-0.25, -0.2) is 0 Å². The molecular formula is C26H42F3N3O2. The number of alkyl halides is 3. The van der Waals surface area contributed by atoms with E-state index in [9.17, 15) is 18.0 Å². The van der Waals surface area contributed by atoms with E-state index in [1.807, 2.05) is 0 Å². The van der Waals surface area contributed by atoms with Crippen LogP contribution >= 0.6 is 0 Å². The van der Waals surface area contributed by atoms with E-state index in [2.05, 4.69) is 38.0 Å². The van der Waals surface area contributed by atoms with Gasteiger partial charge in [-0.05, 0) is 43.7 Å². The highest BCUT2D eigenvalue weighted by molar-refractivity contribution is 5.79. The maximum absolute atomic E-state index is 13.0. The lowest BCUT2D eigenvalue weighted by Gasteiger charge is -2.31. The smallest absolute Gasteiger partial charge is 0.381 e. The van der Waals surface area contributed by atoms with E-state index in [4.69, 9.17) is 4.74 Å². The second kappa shape index (κ2) is 14.0. The Hall–Kier alpha value is -1.67. The normalized spacial score (nSPS) is 22.7. The number of nitrogens with zero attached hydrogens (tertiary/aromatic N) is 2. The number of hydrogen-bond donors (Lipinski definition) is 1. The van der Waals surface area contributed by atoms with Crippen molar-refractivity contribution < 1.29 is 22.7 Å². The number of aromatic nitrogens is 1. The van der Waals surface area contributed by atoms with Gasteiger partial charge in [-0.1, -0.05) is 40.5 Å². The summed E-state index contributed by atoms with van der Waals surface area (Å²) >= 11 is 0. The lowest BCUT2D eigenvalue weighted by molar-refractivity contribution is -0.137. The third-order valence-corrected chi connectivity index (χ3v) is 6.15. The molecule has 1 unspecified atom stereocenters. The van der Waals surface area contributed by atoms with Gasteiger partial charge >= 0.3 is 6.18 Å². The molecule has 2 fully saturated rings. The molecule has 1 aromatic heterocycles. The molecule has 0 spiro atoms. The standard InChI is InChI=1S/C20H26F3N3O2.2C3H8/c21-20(22,23)15-9-14-12-26(6-3-18(14)24-11-15)19(27)13-1-2-17(10-13)25-16-4-7-28-8-5-16;2*1-3-2/h9,11,13,16-17,25H,1-8,10,12H2;2*3H2,1-2H3/t13?,17-;;/m1../s1. The van der Waals surface area contributed by atoms with Crippen molar-refractivity contribution >= 4 is 5.91 Å². The predicted molar refractivity (Wildman–Crippen MR) is 128 cm³/mol. The van der Waals surface area contributed by atoms with Crippen LogP contribution < -0.4 is 5.32 Å². The molecule has 2 aliphatic heterocycles. The first-order chi connectivity index (χ1) is 16.2.